The highest BCUT2D eigenvalue weighted by atomic mass is 35.5. The number of hydrogen-bond acceptors (Lipinski definition) is 7. The smallest absolute Gasteiger partial charge is 0.407 e. The summed E-state index contributed by atoms with van der Waals surface area (Å²) in [4.78, 5) is 21.0. The SMILES string of the molecule is CC(CNc1nccc(-c2cn(C(C)C)nc2-c2cc(Cl)cc(NS(C)(=O)=O)c2F)n1)N(C)C(=O)O. The molecule has 3 rings (SSSR count). The second-order valence-electron chi connectivity index (χ2n) is 8.54. The molecule has 11 nitrogen and oxygen atoms in total. The third kappa shape index (κ3) is 6.40. The molecule has 0 radical (unpaired) electrons. The van der Waals surface area contributed by atoms with E-state index in [4.69, 9.17) is 16.7 Å². The number of aromatic nitrogens is 4. The highest BCUT2D eigenvalue weighted by Crippen LogP contribution is 2.37. The van der Waals surface area contributed by atoms with Crippen molar-refractivity contribution < 1.29 is 22.7 Å². The van der Waals surface area contributed by atoms with Crippen molar-refractivity contribution in [3.05, 3.63) is 41.4 Å². The molecular weight excluding hydrogens is 513 g/mol. The molecule has 1 amide bonds. The Labute approximate surface area is 213 Å². The van der Waals surface area contributed by atoms with Crippen LogP contribution in [-0.4, -0.2) is 70.2 Å². The molecule has 1 atom stereocenters. The molecule has 0 fully saturated rings. The van der Waals surface area contributed by atoms with E-state index in [1.165, 1.54) is 25.4 Å². The fourth-order valence-electron chi connectivity index (χ4n) is 3.24. The molecule has 36 heavy (non-hydrogen) atoms. The topological polar surface area (TPSA) is 142 Å². The molecule has 2 aromatic heterocycles. The van der Waals surface area contributed by atoms with E-state index in [0.29, 0.717) is 11.3 Å². The first-order valence-corrected chi connectivity index (χ1v) is 13.1. The molecule has 2 heterocycles. The van der Waals surface area contributed by atoms with Gasteiger partial charge in [-0.25, -0.2) is 27.6 Å². The van der Waals surface area contributed by atoms with Gasteiger partial charge in [-0.05, 0) is 39.0 Å². The van der Waals surface area contributed by atoms with Crippen LogP contribution < -0.4 is 10.0 Å². The van der Waals surface area contributed by atoms with Crippen molar-refractivity contribution in [2.75, 3.05) is 29.9 Å². The van der Waals surface area contributed by atoms with Gasteiger partial charge in [0, 0.05) is 54.2 Å². The number of amides is 1. The maximum atomic E-state index is 15.5. The third-order valence-corrected chi connectivity index (χ3v) is 6.11. The zero-order valence-electron chi connectivity index (χ0n) is 20.3. The molecule has 0 saturated carbocycles. The summed E-state index contributed by atoms with van der Waals surface area (Å²) < 4.78 is 42.7. The van der Waals surface area contributed by atoms with Gasteiger partial charge in [0.05, 0.1) is 17.6 Å². The predicted molar refractivity (Wildman–Crippen MR) is 136 cm³/mol. The van der Waals surface area contributed by atoms with E-state index in [1.807, 2.05) is 13.8 Å². The van der Waals surface area contributed by atoms with Gasteiger partial charge in [-0.2, -0.15) is 5.10 Å². The van der Waals surface area contributed by atoms with E-state index in [1.54, 1.807) is 23.9 Å². The lowest BCUT2D eigenvalue weighted by Gasteiger charge is -2.21. The lowest BCUT2D eigenvalue weighted by atomic mass is 10.0. The molecular formula is C22H27ClFN7O4S. The van der Waals surface area contributed by atoms with Gasteiger partial charge in [0.25, 0.3) is 0 Å². The number of benzene rings is 1. The van der Waals surface area contributed by atoms with Crippen LogP contribution in [-0.2, 0) is 10.0 Å². The van der Waals surface area contributed by atoms with Gasteiger partial charge < -0.3 is 15.3 Å². The summed E-state index contributed by atoms with van der Waals surface area (Å²) in [5, 5.41) is 16.8. The van der Waals surface area contributed by atoms with Crippen molar-refractivity contribution in [2.24, 2.45) is 0 Å². The number of halogens is 2. The first kappa shape index (κ1) is 27.1. The summed E-state index contributed by atoms with van der Waals surface area (Å²) >= 11 is 6.19. The minimum atomic E-state index is -3.76. The number of carbonyl (C=O) groups is 1. The van der Waals surface area contributed by atoms with Gasteiger partial charge in [0.15, 0.2) is 5.82 Å². The molecule has 3 N–H and O–H groups in total. The van der Waals surface area contributed by atoms with Gasteiger partial charge in [-0.1, -0.05) is 11.6 Å². The number of rotatable bonds is 9. The fraction of sp³-hybridized carbons (Fsp3) is 0.364. The van der Waals surface area contributed by atoms with Crippen LogP contribution in [0, 0.1) is 5.82 Å². The zero-order valence-corrected chi connectivity index (χ0v) is 21.9. The Balaban J connectivity index is 2.06. The van der Waals surface area contributed by atoms with E-state index in [0.717, 1.165) is 11.2 Å². The van der Waals surface area contributed by atoms with Crippen molar-refractivity contribution in [1.29, 1.82) is 0 Å². The van der Waals surface area contributed by atoms with Crippen molar-refractivity contribution in [1.82, 2.24) is 24.6 Å². The second kappa shape index (κ2) is 10.7. The molecule has 3 aromatic rings. The zero-order chi connectivity index (χ0) is 26.8. The monoisotopic (exact) mass is 539 g/mol. The normalized spacial score (nSPS) is 12.4. The second-order valence-corrected chi connectivity index (χ2v) is 10.7. The van der Waals surface area contributed by atoms with Crippen LogP contribution in [0.4, 0.5) is 20.8 Å². The molecule has 194 valence electrons. The Morgan fingerprint density at radius 2 is 1.97 bits per heavy atom. The fourth-order valence-corrected chi connectivity index (χ4v) is 4.00. The van der Waals surface area contributed by atoms with Gasteiger partial charge in [-0.3, -0.25) is 9.40 Å². The summed E-state index contributed by atoms with van der Waals surface area (Å²) in [6.45, 7) is 5.80. The molecule has 0 aliphatic rings. The Morgan fingerprint density at radius 3 is 2.58 bits per heavy atom. The number of nitrogens with zero attached hydrogens (tertiary/aromatic N) is 5. The van der Waals surface area contributed by atoms with Crippen LogP contribution in [0.3, 0.4) is 0 Å². The van der Waals surface area contributed by atoms with Crippen LogP contribution in [0.2, 0.25) is 5.02 Å². The Hall–Kier alpha value is -3.45. The summed E-state index contributed by atoms with van der Waals surface area (Å²) in [6.07, 6.45) is 3.07. The van der Waals surface area contributed by atoms with Crippen molar-refractivity contribution in [3.63, 3.8) is 0 Å². The van der Waals surface area contributed by atoms with Gasteiger partial charge in [0.2, 0.25) is 16.0 Å². The molecule has 0 bridgehead atoms. The quantitative estimate of drug-likeness (QED) is 0.368. The molecule has 0 saturated heterocycles. The minimum Gasteiger partial charge on any atom is -0.465 e. The highest BCUT2D eigenvalue weighted by Gasteiger charge is 2.23. The van der Waals surface area contributed by atoms with E-state index in [9.17, 15) is 13.2 Å². The molecule has 1 aromatic carbocycles. The largest absolute Gasteiger partial charge is 0.465 e. The predicted octanol–water partition coefficient (Wildman–Crippen LogP) is 4.16. The number of carboxylic acid groups (broad SMARTS) is 1. The Kier molecular flexibility index (Phi) is 8.04. The van der Waals surface area contributed by atoms with Crippen LogP contribution in [0.15, 0.2) is 30.6 Å². The van der Waals surface area contributed by atoms with E-state index in [2.05, 4.69) is 25.1 Å². The van der Waals surface area contributed by atoms with Crippen LogP contribution in [0.5, 0.6) is 0 Å². The summed E-state index contributed by atoms with van der Waals surface area (Å²) in [5.41, 5.74) is 0.797. The maximum absolute atomic E-state index is 15.5. The van der Waals surface area contributed by atoms with Gasteiger partial charge in [-0.15, -0.1) is 0 Å². The van der Waals surface area contributed by atoms with Gasteiger partial charge >= 0.3 is 6.09 Å². The lowest BCUT2D eigenvalue weighted by molar-refractivity contribution is 0.144. The van der Waals surface area contributed by atoms with Crippen LogP contribution in [0.25, 0.3) is 22.5 Å². The molecule has 0 aliphatic heterocycles. The minimum absolute atomic E-state index is 0.00660. The number of nitrogens with one attached hydrogen (secondary N) is 2. The summed E-state index contributed by atoms with van der Waals surface area (Å²) in [6, 6.07) is 3.75. The van der Waals surface area contributed by atoms with Gasteiger partial charge in [0.1, 0.15) is 5.69 Å². The molecule has 14 heteroatoms. The number of anilines is 2. The summed E-state index contributed by atoms with van der Waals surface area (Å²) in [5.74, 6) is -0.592. The molecule has 0 spiro atoms. The average Bonchev–Trinajstić information content (AvgIpc) is 3.24. The number of likely N-dealkylation sites (N-methyl/N-ethyl adjacent to an activating group) is 1. The van der Waals surface area contributed by atoms with E-state index < -0.39 is 21.9 Å². The van der Waals surface area contributed by atoms with Crippen LogP contribution in [0.1, 0.15) is 26.8 Å². The number of sulfonamides is 1. The van der Waals surface area contributed by atoms with E-state index >= 15 is 4.39 Å². The first-order chi connectivity index (χ1) is 16.8. The average molecular weight is 540 g/mol. The van der Waals surface area contributed by atoms with Crippen molar-refractivity contribution >= 4 is 39.4 Å². The van der Waals surface area contributed by atoms with Crippen LogP contribution >= 0.6 is 11.6 Å². The molecule has 0 aliphatic carbocycles. The Bertz CT molecular complexity index is 1380. The number of hydrogen-bond donors (Lipinski definition) is 3. The maximum Gasteiger partial charge on any atom is 0.407 e. The Morgan fingerprint density at radius 1 is 1.28 bits per heavy atom. The first-order valence-electron chi connectivity index (χ1n) is 10.9. The van der Waals surface area contributed by atoms with Crippen molar-refractivity contribution in [3.8, 4) is 22.5 Å². The lowest BCUT2D eigenvalue weighted by Crippen LogP contribution is -2.38. The third-order valence-electron chi connectivity index (χ3n) is 5.30. The van der Waals surface area contributed by atoms with E-state index in [-0.39, 0.29) is 46.5 Å². The molecule has 1 unspecified atom stereocenters. The highest BCUT2D eigenvalue weighted by molar-refractivity contribution is 7.92. The summed E-state index contributed by atoms with van der Waals surface area (Å²) in [7, 11) is -2.30. The van der Waals surface area contributed by atoms with Crippen molar-refractivity contribution in [2.45, 2.75) is 32.9 Å². The standard InChI is InChI=1S/C22H27ClFN7O4S/c1-12(2)31-11-16(17-6-7-25-21(27-17)26-10-13(3)30(4)22(32)33)20(28-31)15-8-14(23)9-18(19(15)24)29-36(5,34)35/h6-9,11-13,29H,10H2,1-5H3,(H,32,33)(H,25,26,27).